The van der Waals surface area contributed by atoms with Crippen LogP contribution < -0.4 is 5.32 Å². The number of likely N-dealkylation sites (tertiary alicyclic amines) is 1. The minimum absolute atomic E-state index is 0.186. The highest BCUT2D eigenvalue weighted by Gasteiger charge is 2.31. The molecule has 2 N–H and O–H groups in total. The van der Waals surface area contributed by atoms with Crippen molar-refractivity contribution in [3.8, 4) is 11.3 Å². The minimum Gasteiger partial charge on any atom is -0.478 e. The lowest BCUT2D eigenvalue weighted by Crippen LogP contribution is -2.55. The SMILES string of the molecule is CC(=O)/C=C\C(=O)O.Cc1cc(-c2ccnc(Nc3cnn(C)c3)n2)ccc1CCC(=O)N1CC(OC(C)C)C1. The number of anilines is 2. The van der Waals surface area contributed by atoms with Crippen LogP contribution in [0.25, 0.3) is 11.3 Å². The predicted molar refractivity (Wildman–Crippen MR) is 151 cm³/mol. The number of carbonyl (C=O) groups is 3. The van der Waals surface area contributed by atoms with Gasteiger partial charge in [0.25, 0.3) is 0 Å². The molecule has 1 aliphatic rings. The van der Waals surface area contributed by atoms with Gasteiger partial charge in [-0.1, -0.05) is 12.1 Å². The summed E-state index contributed by atoms with van der Waals surface area (Å²) in [6, 6.07) is 8.16. The maximum absolute atomic E-state index is 12.5. The Labute approximate surface area is 233 Å². The summed E-state index contributed by atoms with van der Waals surface area (Å²) in [5.41, 5.74) is 5.03. The zero-order chi connectivity index (χ0) is 29.2. The average molecular weight is 549 g/mol. The fraction of sp³-hybridized carbons (Fsp3) is 0.379. The van der Waals surface area contributed by atoms with Crippen molar-refractivity contribution in [2.45, 2.75) is 52.7 Å². The molecule has 0 aliphatic carbocycles. The van der Waals surface area contributed by atoms with Crippen LogP contribution in [-0.4, -0.2) is 72.7 Å². The van der Waals surface area contributed by atoms with E-state index in [4.69, 9.17) is 9.84 Å². The molecule has 1 aliphatic heterocycles. The van der Waals surface area contributed by atoms with E-state index in [2.05, 4.69) is 45.5 Å². The zero-order valence-corrected chi connectivity index (χ0v) is 23.5. The number of aryl methyl sites for hydroxylation is 3. The molecule has 1 fully saturated rings. The van der Waals surface area contributed by atoms with Crippen LogP contribution in [0, 0.1) is 6.92 Å². The number of allylic oxidation sites excluding steroid dienone is 1. The average Bonchev–Trinajstić information content (AvgIpc) is 3.28. The van der Waals surface area contributed by atoms with E-state index in [0.29, 0.717) is 25.5 Å². The Balaban J connectivity index is 0.000000482. The lowest BCUT2D eigenvalue weighted by Gasteiger charge is -2.40. The number of amides is 1. The third-order valence-electron chi connectivity index (χ3n) is 5.99. The summed E-state index contributed by atoms with van der Waals surface area (Å²) in [6.07, 6.45) is 8.79. The first-order valence-electron chi connectivity index (χ1n) is 13.0. The van der Waals surface area contributed by atoms with E-state index in [0.717, 1.165) is 41.1 Å². The van der Waals surface area contributed by atoms with Crippen molar-refractivity contribution in [3.63, 3.8) is 0 Å². The third kappa shape index (κ3) is 9.42. The largest absolute Gasteiger partial charge is 0.478 e. The van der Waals surface area contributed by atoms with Crippen LogP contribution in [0.15, 0.2) is 55.0 Å². The maximum atomic E-state index is 12.5. The van der Waals surface area contributed by atoms with E-state index in [1.165, 1.54) is 12.5 Å². The number of carboxylic acids is 1. The Morgan fingerprint density at radius 3 is 2.52 bits per heavy atom. The maximum Gasteiger partial charge on any atom is 0.328 e. The molecule has 0 saturated carbocycles. The quantitative estimate of drug-likeness (QED) is 0.363. The Hall–Kier alpha value is -4.38. The van der Waals surface area contributed by atoms with E-state index >= 15 is 0 Å². The van der Waals surface area contributed by atoms with Gasteiger partial charge in [0.1, 0.15) is 0 Å². The number of rotatable bonds is 10. The monoisotopic (exact) mass is 548 g/mol. The van der Waals surface area contributed by atoms with Gasteiger partial charge in [-0.3, -0.25) is 14.3 Å². The molecule has 0 unspecified atom stereocenters. The Bertz CT molecular complexity index is 1340. The number of hydrogen-bond acceptors (Lipinski definition) is 8. The van der Waals surface area contributed by atoms with Crippen molar-refractivity contribution in [2.24, 2.45) is 7.05 Å². The highest BCUT2D eigenvalue weighted by atomic mass is 16.5. The van der Waals surface area contributed by atoms with E-state index < -0.39 is 5.97 Å². The highest BCUT2D eigenvalue weighted by molar-refractivity contribution is 5.93. The number of aromatic nitrogens is 4. The number of carboxylic acid groups (broad SMARTS) is 1. The molecule has 3 heterocycles. The van der Waals surface area contributed by atoms with Crippen molar-refractivity contribution in [1.82, 2.24) is 24.6 Å². The van der Waals surface area contributed by atoms with Gasteiger partial charge in [0.05, 0.1) is 29.8 Å². The number of nitrogens with one attached hydrogen (secondary N) is 1. The molecule has 2 aromatic heterocycles. The predicted octanol–water partition coefficient (Wildman–Crippen LogP) is 3.71. The normalized spacial score (nSPS) is 13.1. The van der Waals surface area contributed by atoms with Gasteiger partial charge in [-0.15, -0.1) is 0 Å². The van der Waals surface area contributed by atoms with Gasteiger partial charge in [0.2, 0.25) is 11.9 Å². The smallest absolute Gasteiger partial charge is 0.328 e. The lowest BCUT2D eigenvalue weighted by atomic mass is 9.99. The van der Waals surface area contributed by atoms with E-state index in [-0.39, 0.29) is 23.9 Å². The second-order valence-electron chi connectivity index (χ2n) is 9.82. The van der Waals surface area contributed by atoms with Gasteiger partial charge < -0.3 is 20.1 Å². The van der Waals surface area contributed by atoms with E-state index in [1.807, 2.05) is 38.1 Å². The fourth-order valence-corrected chi connectivity index (χ4v) is 4.03. The molecule has 3 aromatic rings. The van der Waals surface area contributed by atoms with Crippen molar-refractivity contribution < 1.29 is 24.2 Å². The molecule has 40 heavy (non-hydrogen) atoms. The lowest BCUT2D eigenvalue weighted by molar-refractivity contribution is -0.148. The number of carbonyl (C=O) groups excluding carboxylic acids is 2. The first-order chi connectivity index (χ1) is 19.0. The number of aliphatic carboxylic acids is 1. The van der Waals surface area contributed by atoms with Gasteiger partial charge in [-0.2, -0.15) is 5.10 Å². The molecule has 1 amide bonds. The van der Waals surface area contributed by atoms with Crippen LogP contribution in [0.1, 0.15) is 38.3 Å². The molecular weight excluding hydrogens is 512 g/mol. The molecule has 4 rings (SSSR count). The van der Waals surface area contributed by atoms with Gasteiger partial charge >= 0.3 is 5.97 Å². The topological polar surface area (TPSA) is 140 Å². The van der Waals surface area contributed by atoms with Crippen molar-refractivity contribution in [2.75, 3.05) is 18.4 Å². The third-order valence-corrected chi connectivity index (χ3v) is 5.99. The molecular formula is C29H36N6O5. The summed E-state index contributed by atoms with van der Waals surface area (Å²) in [5, 5.41) is 15.2. The molecule has 0 bridgehead atoms. The molecule has 0 atom stereocenters. The number of nitrogens with zero attached hydrogens (tertiary/aromatic N) is 5. The Morgan fingerprint density at radius 2 is 1.95 bits per heavy atom. The van der Waals surface area contributed by atoms with Gasteiger partial charge in [-0.25, -0.2) is 14.8 Å². The molecule has 0 radical (unpaired) electrons. The van der Waals surface area contributed by atoms with Crippen LogP contribution in [0.3, 0.4) is 0 Å². The van der Waals surface area contributed by atoms with Crippen molar-refractivity contribution in [1.29, 1.82) is 0 Å². The zero-order valence-electron chi connectivity index (χ0n) is 23.5. The first kappa shape index (κ1) is 30.2. The van der Waals surface area contributed by atoms with E-state index in [9.17, 15) is 14.4 Å². The summed E-state index contributed by atoms with van der Waals surface area (Å²) >= 11 is 0. The van der Waals surface area contributed by atoms with Crippen LogP contribution in [0.5, 0.6) is 0 Å². The number of ether oxygens (including phenoxy) is 1. The second kappa shape index (κ2) is 14.1. The summed E-state index contributed by atoms with van der Waals surface area (Å²) in [4.78, 5) is 42.9. The molecule has 1 saturated heterocycles. The van der Waals surface area contributed by atoms with Crippen LogP contribution in [0.4, 0.5) is 11.6 Å². The summed E-state index contributed by atoms with van der Waals surface area (Å²) in [5.74, 6) is -0.635. The van der Waals surface area contributed by atoms with Crippen LogP contribution >= 0.6 is 0 Å². The van der Waals surface area contributed by atoms with E-state index in [1.54, 1.807) is 17.1 Å². The Morgan fingerprint density at radius 1 is 1.20 bits per heavy atom. The highest BCUT2D eigenvalue weighted by Crippen LogP contribution is 2.23. The van der Waals surface area contributed by atoms with Crippen LogP contribution in [-0.2, 0) is 32.6 Å². The second-order valence-corrected chi connectivity index (χ2v) is 9.82. The van der Waals surface area contributed by atoms with Crippen molar-refractivity contribution >= 4 is 29.3 Å². The first-order valence-corrected chi connectivity index (χ1v) is 13.0. The van der Waals surface area contributed by atoms with Gasteiger partial charge in [0.15, 0.2) is 5.78 Å². The summed E-state index contributed by atoms with van der Waals surface area (Å²) in [7, 11) is 1.86. The number of hydrogen-bond donors (Lipinski definition) is 2. The van der Waals surface area contributed by atoms with Gasteiger partial charge in [-0.05, 0) is 63.5 Å². The molecule has 11 nitrogen and oxygen atoms in total. The van der Waals surface area contributed by atoms with Gasteiger partial charge in [0, 0.05) is 50.6 Å². The minimum atomic E-state index is -1.10. The molecule has 1 aromatic carbocycles. The number of benzene rings is 1. The number of ketones is 1. The molecule has 0 spiro atoms. The Kier molecular flexibility index (Phi) is 10.7. The standard InChI is InChI=1S/C24H30N6O2.C5H6O3/c1-16(2)32-21-14-30(15-21)23(31)8-7-18-5-6-19(11-17(18)3)22-9-10-25-24(28-22)27-20-12-26-29(4)13-20;1-4(6)2-3-5(7)8/h5-6,9-13,16,21H,7-8,14-15H2,1-4H3,(H,25,27,28);2-3H,1H3,(H,7,8)/b;3-2-. The van der Waals surface area contributed by atoms with Crippen LogP contribution in [0.2, 0.25) is 0 Å². The molecule has 212 valence electrons. The van der Waals surface area contributed by atoms with Crippen molar-refractivity contribution in [3.05, 3.63) is 66.1 Å². The summed E-state index contributed by atoms with van der Waals surface area (Å²) in [6.45, 7) is 8.83. The summed E-state index contributed by atoms with van der Waals surface area (Å²) < 4.78 is 7.45. The molecule has 11 heteroatoms. The fourth-order valence-electron chi connectivity index (χ4n) is 4.03.